The summed E-state index contributed by atoms with van der Waals surface area (Å²) >= 11 is 3.84. The molecule has 0 spiro atoms. The second kappa shape index (κ2) is 30.3. The van der Waals surface area contributed by atoms with Crippen LogP contribution in [0.15, 0.2) is 260 Å². The zero-order valence-electron chi connectivity index (χ0n) is 74.5. The van der Waals surface area contributed by atoms with Crippen LogP contribution in [0.4, 0.5) is 68.2 Å². The van der Waals surface area contributed by atoms with E-state index in [-0.39, 0.29) is 39.2 Å². The SMILES string of the molecule is Cc1cc(N(c2ccc(C(C)(C)C)cc2)c2ccc(C(C)(C)C)cc2-c2ccccc2)cc(N(c2ccc(C(C)(C)C)cc2)c2csc3ccc([Si](C)(C)C)cc23)c1.Cc1cc2c3c(c1)N(c1ccc(C(C)(C)C)cc1)c1c(sc4ccc([Si](C)(C)C)cc14)B3c1cc(C(C)(C)C)ccc1N2c1ccc(C(C)(C)C)cc1-c1ccccc1. The zero-order valence-corrected chi connectivity index (χ0v) is 78.1. The molecule has 12 aromatic carbocycles. The normalized spacial score (nSPS) is 13.3. The van der Waals surface area contributed by atoms with Crippen molar-refractivity contribution in [2.75, 3.05) is 19.6 Å². The minimum absolute atomic E-state index is 0.000551. The van der Waals surface area contributed by atoms with Gasteiger partial charge in [0.25, 0.3) is 6.71 Å². The van der Waals surface area contributed by atoms with Crippen LogP contribution in [-0.2, 0) is 32.5 Å². The number of fused-ring (bicyclic) bond motifs is 7. The Labute approximate surface area is 711 Å². The summed E-state index contributed by atoms with van der Waals surface area (Å²) < 4.78 is 4.11. The fourth-order valence-electron chi connectivity index (χ4n) is 17.0. The van der Waals surface area contributed by atoms with Crippen LogP contribution in [0.1, 0.15) is 169 Å². The lowest BCUT2D eigenvalue weighted by Crippen LogP contribution is -2.60. The highest BCUT2D eigenvalue weighted by Gasteiger charge is 2.47. The molecule has 2 aromatic heterocycles. The maximum atomic E-state index is 2.63. The van der Waals surface area contributed by atoms with Crippen LogP contribution in [0.25, 0.3) is 42.4 Å². The van der Waals surface area contributed by atoms with Gasteiger partial charge in [-0.05, 0) is 222 Å². The standard InChI is InChI=1S/C54H59BN2SSi.C54H62N2SSi/c1-34-29-46-49-47(30-34)57(44-26-21-37(53(5,6)7)31-41(44)35-17-15-14-16-18-35)45-27-22-38(54(8,9)10)32-43(45)55(49)51-50(42-33-40(59(11,12)13)25-28-48(42)58-51)56(46)39-23-19-36(20-24-39)52(2,3)4;1-37-31-44(55(42-24-19-39(20-25-42)52(2,3)4)49-29-23-41(54(8,9)10)33-47(49)38-17-15-14-16-18-38)34-45(32-37)56(43-26-21-40(22-27-43)53(5,6)7)50-36-57-51-30-28-46(35-48(50)51)58(11,12)13/h14-33H,1-13H3;14-36H,1-13H3. The molecule has 16 rings (SSSR count). The lowest BCUT2D eigenvalue weighted by atomic mass is 9.36. The molecule has 0 aliphatic carbocycles. The molecule has 0 amide bonds. The molecule has 0 atom stereocenters. The summed E-state index contributed by atoms with van der Waals surface area (Å²) in [7, 11) is -3.17. The Hall–Kier alpha value is -9.74. The summed E-state index contributed by atoms with van der Waals surface area (Å²) in [4.78, 5) is 10.2. The molecule has 596 valence electrons. The van der Waals surface area contributed by atoms with Crippen LogP contribution >= 0.6 is 22.7 Å². The first-order valence-corrected chi connectivity index (χ1v) is 51.0. The van der Waals surface area contributed by atoms with Crippen molar-refractivity contribution in [2.45, 2.75) is 210 Å². The van der Waals surface area contributed by atoms with E-state index >= 15 is 0 Å². The molecule has 9 heteroatoms. The molecule has 0 radical (unpaired) electrons. The fourth-order valence-corrected chi connectivity index (χ4v) is 21.5. The van der Waals surface area contributed by atoms with Gasteiger partial charge in [-0.2, -0.15) is 0 Å². The van der Waals surface area contributed by atoms with Gasteiger partial charge in [0.05, 0.1) is 38.9 Å². The third-order valence-corrected chi connectivity index (χ3v) is 30.4. The molecular weight excluding hydrogens is 1480 g/mol. The lowest BCUT2D eigenvalue weighted by molar-refractivity contribution is 0.590. The first-order valence-electron chi connectivity index (χ1n) is 42.3. The Morgan fingerprint density at radius 1 is 0.325 bits per heavy atom. The van der Waals surface area contributed by atoms with E-state index in [9.17, 15) is 0 Å². The van der Waals surface area contributed by atoms with Crippen LogP contribution < -0.4 is 45.7 Å². The van der Waals surface area contributed by atoms with Gasteiger partial charge in [-0.25, -0.2) is 0 Å². The number of rotatable bonds is 12. The third-order valence-electron chi connectivity index (χ3n) is 24.1. The average molecular weight is 1610 g/mol. The number of anilines is 12. The molecule has 4 nitrogen and oxygen atoms in total. The zero-order chi connectivity index (χ0) is 83.8. The molecular formula is C108H121BN4S2Si2. The topological polar surface area (TPSA) is 13.0 Å². The predicted octanol–water partition coefficient (Wildman–Crippen LogP) is 29.7. The number of aryl methyl sites for hydroxylation is 2. The second-order valence-corrected chi connectivity index (χ2v) is 53.6. The minimum Gasteiger partial charge on any atom is -0.311 e. The van der Waals surface area contributed by atoms with Gasteiger partial charge in [-0.3, -0.25) is 0 Å². The van der Waals surface area contributed by atoms with E-state index in [4.69, 9.17) is 0 Å². The first-order chi connectivity index (χ1) is 54.9. The molecule has 0 unspecified atom stereocenters. The van der Waals surface area contributed by atoms with Crippen LogP contribution in [0.5, 0.6) is 0 Å². The Morgan fingerprint density at radius 3 is 1.23 bits per heavy atom. The average Bonchev–Trinajstić information content (AvgIpc) is 1.65. The lowest BCUT2D eigenvalue weighted by Gasteiger charge is -2.44. The number of hydrogen-bond donors (Lipinski definition) is 0. The van der Waals surface area contributed by atoms with Crippen molar-refractivity contribution in [1.82, 2.24) is 0 Å². The summed E-state index contributed by atoms with van der Waals surface area (Å²) in [5.74, 6) is 0. The van der Waals surface area contributed by atoms with E-state index in [0.717, 1.165) is 28.4 Å². The van der Waals surface area contributed by atoms with Crippen LogP contribution in [0.3, 0.4) is 0 Å². The van der Waals surface area contributed by atoms with E-state index in [1.807, 2.05) is 22.7 Å². The fraction of sp³-hybridized carbons (Fsp3) is 0.296. The van der Waals surface area contributed by atoms with E-state index in [1.165, 1.54) is 153 Å². The molecule has 0 fully saturated rings. The number of hydrogen-bond acceptors (Lipinski definition) is 6. The van der Waals surface area contributed by atoms with Crippen LogP contribution in [0, 0.1) is 13.8 Å². The van der Waals surface area contributed by atoms with Crippen molar-refractivity contribution in [3.63, 3.8) is 0 Å². The van der Waals surface area contributed by atoms with Gasteiger partial charge in [-0.15, -0.1) is 22.7 Å². The number of benzene rings is 12. The van der Waals surface area contributed by atoms with Crippen molar-refractivity contribution in [3.05, 3.63) is 305 Å². The van der Waals surface area contributed by atoms with Gasteiger partial charge in [0, 0.05) is 87.0 Å². The van der Waals surface area contributed by atoms with Gasteiger partial charge in [0.2, 0.25) is 0 Å². The quantitative estimate of drug-likeness (QED) is 0.113. The Bertz CT molecular complexity index is 6050. The molecule has 0 saturated heterocycles. The number of nitrogens with zero attached hydrogens (tertiary/aromatic N) is 4. The van der Waals surface area contributed by atoms with Crippen LogP contribution in [0.2, 0.25) is 39.3 Å². The molecule has 0 N–H and O–H groups in total. The maximum absolute atomic E-state index is 2.63. The van der Waals surface area contributed by atoms with Crippen molar-refractivity contribution in [3.8, 4) is 22.3 Å². The van der Waals surface area contributed by atoms with E-state index in [0.29, 0.717) is 0 Å². The Kier molecular flexibility index (Phi) is 21.3. The largest absolute Gasteiger partial charge is 0.311 e. The summed E-state index contributed by atoms with van der Waals surface area (Å²) in [6, 6.07) is 98.1. The molecule has 0 bridgehead atoms. The molecule has 2 aliphatic rings. The second-order valence-electron chi connectivity index (χ2n) is 41.5. The van der Waals surface area contributed by atoms with Crippen LogP contribution in [-0.4, -0.2) is 22.9 Å². The molecule has 14 aromatic rings. The smallest absolute Gasteiger partial charge is 0.264 e. The van der Waals surface area contributed by atoms with Gasteiger partial charge in [-0.1, -0.05) is 320 Å². The van der Waals surface area contributed by atoms with E-state index < -0.39 is 16.1 Å². The third kappa shape index (κ3) is 16.3. The molecule has 0 saturated carbocycles. The monoisotopic (exact) mass is 1600 g/mol. The summed E-state index contributed by atoms with van der Waals surface area (Å²) in [5.41, 5.74) is 32.8. The Morgan fingerprint density at radius 2 is 0.735 bits per heavy atom. The maximum Gasteiger partial charge on any atom is 0.264 e. The molecule has 2 aliphatic heterocycles. The van der Waals surface area contributed by atoms with E-state index in [2.05, 4.69) is 458 Å². The highest BCUT2D eigenvalue weighted by Crippen LogP contribution is 2.53. The van der Waals surface area contributed by atoms with Gasteiger partial charge in [0.1, 0.15) is 0 Å². The first kappa shape index (κ1) is 82.4. The van der Waals surface area contributed by atoms with Crippen molar-refractivity contribution < 1.29 is 0 Å². The molecule has 117 heavy (non-hydrogen) atoms. The minimum atomic E-state index is -1.61. The number of thiophene rings is 2. The van der Waals surface area contributed by atoms with Gasteiger partial charge < -0.3 is 19.6 Å². The highest BCUT2D eigenvalue weighted by atomic mass is 32.1. The molecule has 4 heterocycles. The predicted molar refractivity (Wildman–Crippen MR) is 526 cm³/mol. The highest BCUT2D eigenvalue weighted by molar-refractivity contribution is 7.33. The Balaban J connectivity index is 0.000000183. The van der Waals surface area contributed by atoms with Crippen molar-refractivity contribution >= 4 is 160 Å². The van der Waals surface area contributed by atoms with E-state index in [1.54, 1.807) is 0 Å². The summed E-state index contributed by atoms with van der Waals surface area (Å²) in [5, 5.41) is 8.02. The summed E-state index contributed by atoms with van der Waals surface area (Å²) in [6.45, 7) is 60.9. The van der Waals surface area contributed by atoms with Crippen molar-refractivity contribution in [2.24, 2.45) is 0 Å². The van der Waals surface area contributed by atoms with Crippen molar-refractivity contribution in [1.29, 1.82) is 0 Å². The van der Waals surface area contributed by atoms with Gasteiger partial charge in [0.15, 0.2) is 0 Å². The summed E-state index contributed by atoms with van der Waals surface area (Å²) in [6.07, 6.45) is 0. The van der Waals surface area contributed by atoms with Gasteiger partial charge >= 0.3 is 0 Å².